The lowest BCUT2D eigenvalue weighted by Crippen LogP contribution is -2.30. The Morgan fingerprint density at radius 2 is 0.472 bits per heavy atom. The normalized spacial score (nSPS) is 14.4. The molecule has 19 heteroatoms. The molecule has 0 aliphatic heterocycles. The summed E-state index contributed by atoms with van der Waals surface area (Å²) < 4.78 is 68.6. The van der Waals surface area contributed by atoms with E-state index < -0.39 is 97.5 Å². The van der Waals surface area contributed by atoms with Gasteiger partial charge in [0.25, 0.3) is 0 Å². The van der Waals surface area contributed by atoms with Crippen molar-refractivity contribution >= 4 is 39.5 Å². The van der Waals surface area contributed by atoms with Gasteiger partial charge in [-0.3, -0.25) is 37.3 Å². The van der Waals surface area contributed by atoms with Crippen LogP contribution in [0.1, 0.15) is 362 Å². The van der Waals surface area contributed by atoms with Crippen LogP contribution in [0.3, 0.4) is 0 Å². The number of allylic oxidation sites excluding steroid dienone is 18. The van der Waals surface area contributed by atoms with Gasteiger partial charge in [-0.25, -0.2) is 9.13 Å². The van der Waals surface area contributed by atoms with E-state index in [0.29, 0.717) is 38.5 Å². The van der Waals surface area contributed by atoms with Gasteiger partial charge in [-0.05, 0) is 128 Å². The topological polar surface area (TPSA) is 237 Å². The van der Waals surface area contributed by atoms with Crippen molar-refractivity contribution in [2.45, 2.75) is 380 Å². The minimum atomic E-state index is -5.00. The molecule has 0 rings (SSSR count). The van der Waals surface area contributed by atoms with Crippen LogP contribution in [0, 0.1) is 0 Å². The maximum Gasteiger partial charge on any atom is 0.472 e. The van der Waals surface area contributed by atoms with E-state index in [1.165, 1.54) is 154 Å². The third kappa shape index (κ3) is 77.9. The maximum absolute atomic E-state index is 13.1. The zero-order chi connectivity index (χ0) is 77.4. The maximum atomic E-state index is 13.1. The molecule has 0 aliphatic rings. The number of esters is 4. The minimum Gasteiger partial charge on any atom is -0.462 e. The fourth-order valence-electron chi connectivity index (χ4n) is 11.3. The molecule has 612 valence electrons. The van der Waals surface area contributed by atoms with E-state index in [2.05, 4.69) is 113 Å². The number of carbonyl (C=O) groups excluding carboxylic acids is 4. The highest BCUT2D eigenvalue weighted by atomic mass is 31.2. The second-order valence-electron chi connectivity index (χ2n) is 28.1. The summed E-state index contributed by atoms with van der Waals surface area (Å²) >= 11 is 0. The first-order valence-corrected chi connectivity index (χ1v) is 45.1. The van der Waals surface area contributed by atoms with E-state index in [0.717, 1.165) is 116 Å². The minimum absolute atomic E-state index is 0.0722. The van der Waals surface area contributed by atoms with E-state index in [1.54, 1.807) is 0 Å². The van der Waals surface area contributed by atoms with Crippen molar-refractivity contribution in [2.75, 3.05) is 39.6 Å². The molecule has 0 amide bonds. The number of carbonyl (C=O) groups is 4. The number of aliphatic hydroxyl groups excluding tert-OH is 1. The molecule has 0 bridgehead atoms. The van der Waals surface area contributed by atoms with Crippen LogP contribution < -0.4 is 0 Å². The van der Waals surface area contributed by atoms with Gasteiger partial charge in [0.15, 0.2) is 12.2 Å². The summed E-state index contributed by atoms with van der Waals surface area (Å²) in [6.45, 7) is 4.74. The van der Waals surface area contributed by atoms with E-state index in [1.807, 2.05) is 24.3 Å². The fourth-order valence-corrected chi connectivity index (χ4v) is 12.8. The number of ether oxygens (including phenoxy) is 4. The quantitative estimate of drug-likeness (QED) is 0.0169. The number of phosphoric acid groups is 2. The Morgan fingerprint density at radius 1 is 0.264 bits per heavy atom. The van der Waals surface area contributed by atoms with Crippen molar-refractivity contribution in [3.8, 4) is 0 Å². The smallest absolute Gasteiger partial charge is 0.462 e. The Hall–Kier alpha value is -4.28. The molecule has 0 aromatic rings. The number of rotatable bonds is 79. The van der Waals surface area contributed by atoms with Gasteiger partial charge in [-0.15, -0.1) is 0 Å². The van der Waals surface area contributed by atoms with Gasteiger partial charge in [0, 0.05) is 25.7 Å². The highest BCUT2D eigenvalue weighted by molar-refractivity contribution is 7.47. The Balaban J connectivity index is 5.45. The zero-order valence-electron chi connectivity index (χ0n) is 67.1. The van der Waals surface area contributed by atoms with E-state index >= 15 is 0 Å². The van der Waals surface area contributed by atoms with Gasteiger partial charge in [0.2, 0.25) is 0 Å². The monoisotopic (exact) mass is 1530 g/mol. The molecule has 0 saturated carbocycles. The van der Waals surface area contributed by atoms with Crippen molar-refractivity contribution in [2.24, 2.45) is 0 Å². The average molecular weight is 1530 g/mol. The first-order chi connectivity index (χ1) is 51.7. The van der Waals surface area contributed by atoms with Crippen LogP contribution in [0.5, 0.6) is 0 Å². The van der Waals surface area contributed by atoms with E-state index in [-0.39, 0.29) is 25.7 Å². The Morgan fingerprint density at radius 3 is 0.764 bits per heavy atom. The van der Waals surface area contributed by atoms with Crippen LogP contribution in [0.25, 0.3) is 0 Å². The van der Waals surface area contributed by atoms with E-state index in [4.69, 9.17) is 37.0 Å². The van der Waals surface area contributed by atoms with Gasteiger partial charge in [0.05, 0.1) is 26.4 Å². The highest BCUT2D eigenvalue weighted by Crippen LogP contribution is 2.45. The second kappa shape index (κ2) is 78.8. The van der Waals surface area contributed by atoms with Crippen molar-refractivity contribution < 1.29 is 80.2 Å². The number of aliphatic hydroxyl groups is 1. The third-order valence-electron chi connectivity index (χ3n) is 17.7. The average Bonchev–Trinajstić information content (AvgIpc) is 0.901. The molecule has 0 radical (unpaired) electrons. The molecule has 2 unspecified atom stereocenters. The number of hydrogen-bond acceptors (Lipinski definition) is 15. The van der Waals surface area contributed by atoms with Gasteiger partial charge in [-0.1, -0.05) is 317 Å². The number of hydrogen-bond donors (Lipinski definition) is 3. The Labute approximate surface area is 645 Å². The van der Waals surface area contributed by atoms with Crippen molar-refractivity contribution in [1.29, 1.82) is 0 Å². The van der Waals surface area contributed by atoms with Crippen LogP contribution in [0.15, 0.2) is 109 Å². The zero-order valence-corrected chi connectivity index (χ0v) is 68.9. The molecule has 0 aromatic carbocycles. The molecule has 17 nitrogen and oxygen atoms in total. The third-order valence-corrected chi connectivity index (χ3v) is 19.6. The summed E-state index contributed by atoms with van der Waals surface area (Å²) in [6.07, 6.45) is 86.4. The predicted molar refractivity (Wildman–Crippen MR) is 436 cm³/mol. The molecule has 0 aromatic heterocycles. The first-order valence-electron chi connectivity index (χ1n) is 42.1. The van der Waals surface area contributed by atoms with Crippen LogP contribution in [0.2, 0.25) is 0 Å². The van der Waals surface area contributed by atoms with Gasteiger partial charge in [-0.2, -0.15) is 0 Å². The van der Waals surface area contributed by atoms with Crippen LogP contribution in [-0.4, -0.2) is 96.7 Å². The Bertz CT molecular complexity index is 2430. The van der Waals surface area contributed by atoms with Crippen LogP contribution in [0.4, 0.5) is 0 Å². The SMILES string of the molecule is CCCCC/C=C\C/C=C\C/C=C\C/C=C\CCCC(=O)OC[C@H](COP(=O)(O)OC[C@H](O)COP(=O)(O)OC[C@@H](COC(=O)CCC/C=C\C/C=C\C/C=C\C/C=C\CCCCC)OC(=O)CCCCCCCCCCCCCCCCCCC)OC(=O)CCCCCCC/C=C\CCCCCCCC. The molecule has 106 heavy (non-hydrogen) atoms. The van der Waals surface area contributed by atoms with Gasteiger partial charge >= 0.3 is 39.5 Å². The summed E-state index contributed by atoms with van der Waals surface area (Å²) in [5.41, 5.74) is 0. The van der Waals surface area contributed by atoms with Crippen molar-refractivity contribution in [3.63, 3.8) is 0 Å². The van der Waals surface area contributed by atoms with Crippen LogP contribution in [-0.2, 0) is 65.4 Å². The summed E-state index contributed by atoms with van der Waals surface area (Å²) in [6, 6.07) is 0. The summed E-state index contributed by atoms with van der Waals surface area (Å²) in [5, 5.41) is 10.7. The van der Waals surface area contributed by atoms with Crippen molar-refractivity contribution in [3.05, 3.63) is 109 Å². The summed E-state index contributed by atoms with van der Waals surface area (Å²) in [4.78, 5) is 73.1. The predicted octanol–water partition coefficient (Wildman–Crippen LogP) is 24.9. The standard InChI is InChI=1S/C87H152O17P2/c1-5-9-13-17-21-25-29-33-37-40-44-47-51-55-59-63-67-71-84(89)97-77-82(103-86(91)73-69-65-61-57-53-49-43-36-32-28-24-20-16-12-8-4)79-101-105(93,94)99-75-81(88)76-100-106(95,96)102-80-83(104-87(92)74-70-66-62-58-54-50-46-42-39-35-31-27-23-19-15-11-7-3)78-98-85(90)72-68-64-60-56-52-48-45-41-38-34-30-26-22-18-14-10-6-2/h21-22,25-26,33-34,36-38,43-45,47-48,55-56,59-60,81-83,88H,5-20,23-24,27-32,35,39-42,46,49-54,57-58,61-80H2,1-4H3,(H,93,94)(H,95,96)/b25-21-,26-22-,37-33-,38-34-,43-36-,47-44-,48-45-,59-55-,60-56-/t81-,82+,83+/m0/s1. The molecule has 0 heterocycles. The number of unbranched alkanes of at least 4 members (excludes halogenated alkanes) is 35. The lowest BCUT2D eigenvalue weighted by Gasteiger charge is -2.21. The molecule has 0 fully saturated rings. The molecule has 3 N–H and O–H groups in total. The molecule has 0 aliphatic carbocycles. The van der Waals surface area contributed by atoms with Gasteiger partial charge < -0.3 is 33.8 Å². The van der Waals surface area contributed by atoms with Gasteiger partial charge in [0.1, 0.15) is 19.3 Å². The van der Waals surface area contributed by atoms with Crippen molar-refractivity contribution in [1.82, 2.24) is 0 Å². The fraction of sp³-hybridized carbons (Fsp3) is 0.747. The first kappa shape index (κ1) is 102. The summed E-state index contributed by atoms with van der Waals surface area (Å²) in [7, 11) is -9.99. The lowest BCUT2D eigenvalue weighted by atomic mass is 10.0. The molecular formula is C87H152O17P2. The van der Waals surface area contributed by atoms with E-state index in [9.17, 15) is 43.2 Å². The lowest BCUT2D eigenvalue weighted by molar-refractivity contribution is -0.161. The molecule has 0 saturated heterocycles. The summed E-state index contributed by atoms with van der Waals surface area (Å²) in [5.74, 6) is -2.30. The second-order valence-corrected chi connectivity index (χ2v) is 31.0. The highest BCUT2D eigenvalue weighted by Gasteiger charge is 2.30. The molecule has 0 spiro atoms. The molecular weight excluding hydrogens is 1380 g/mol. The molecule has 5 atom stereocenters. The van der Waals surface area contributed by atoms with Crippen LogP contribution >= 0.6 is 15.6 Å². The Kier molecular flexibility index (Phi) is 75.6. The number of phosphoric ester groups is 2. The largest absolute Gasteiger partial charge is 0.472 e.